The number of anilines is 1. The summed E-state index contributed by atoms with van der Waals surface area (Å²) in [6.45, 7) is 3.27. The molecule has 0 amide bonds. The summed E-state index contributed by atoms with van der Waals surface area (Å²) in [4.78, 5) is 2.23. The van der Waals surface area contributed by atoms with E-state index in [1.807, 2.05) is 0 Å². The average molecular weight is 231 g/mol. The first-order chi connectivity index (χ1) is 8.33. The fourth-order valence-corrected chi connectivity index (χ4v) is 2.05. The quantitative estimate of drug-likeness (QED) is 0.852. The molecule has 0 fully saturated rings. The molecule has 92 valence electrons. The molecule has 2 rings (SSSR count). The van der Waals surface area contributed by atoms with E-state index < -0.39 is 0 Å². The van der Waals surface area contributed by atoms with Crippen LogP contribution in [0.25, 0.3) is 12.2 Å². The molecule has 3 nitrogen and oxygen atoms in total. The third kappa shape index (κ3) is 2.78. The van der Waals surface area contributed by atoms with Crippen molar-refractivity contribution in [3.63, 3.8) is 0 Å². The minimum Gasteiger partial charge on any atom is -0.358 e. The lowest BCUT2D eigenvalue weighted by atomic mass is 10.2. The van der Waals surface area contributed by atoms with Gasteiger partial charge in [-0.1, -0.05) is 31.6 Å². The maximum Gasteiger partial charge on any atom is 0.158 e. The Balaban J connectivity index is 2.35. The monoisotopic (exact) mass is 231 g/mol. The normalized spacial score (nSPS) is 14.2. The first-order valence-electron chi connectivity index (χ1n) is 6.45. The van der Waals surface area contributed by atoms with Gasteiger partial charge in [-0.2, -0.15) is 5.10 Å². The fourth-order valence-electron chi connectivity index (χ4n) is 2.05. The van der Waals surface area contributed by atoms with Crippen molar-refractivity contribution in [2.24, 2.45) is 0 Å². The second-order valence-corrected chi connectivity index (χ2v) is 4.53. The van der Waals surface area contributed by atoms with Gasteiger partial charge in [0.25, 0.3) is 0 Å². The van der Waals surface area contributed by atoms with E-state index in [-0.39, 0.29) is 0 Å². The van der Waals surface area contributed by atoms with Crippen molar-refractivity contribution in [1.82, 2.24) is 10.2 Å². The van der Waals surface area contributed by atoms with Crippen LogP contribution in [0, 0.1) is 0 Å². The topological polar surface area (TPSA) is 31.9 Å². The van der Waals surface area contributed by atoms with E-state index in [0.717, 1.165) is 30.6 Å². The van der Waals surface area contributed by atoms with Gasteiger partial charge in [-0.15, -0.1) is 0 Å². The Hall–Kier alpha value is -1.51. The highest BCUT2D eigenvalue weighted by atomic mass is 15.3. The Bertz CT molecular complexity index is 496. The van der Waals surface area contributed by atoms with Crippen LogP contribution in [-0.4, -0.2) is 23.8 Å². The van der Waals surface area contributed by atoms with Crippen molar-refractivity contribution >= 4 is 18.0 Å². The summed E-state index contributed by atoms with van der Waals surface area (Å²) < 4.78 is 0. The molecule has 1 aliphatic rings. The highest BCUT2D eigenvalue weighted by Crippen LogP contribution is 2.02. The molecule has 0 spiro atoms. The minimum absolute atomic E-state index is 1.06. The van der Waals surface area contributed by atoms with E-state index in [4.69, 9.17) is 0 Å². The molecular formula is C14H21N3. The number of aromatic amines is 1. The highest BCUT2D eigenvalue weighted by Gasteiger charge is 2.06. The van der Waals surface area contributed by atoms with Crippen molar-refractivity contribution in [1.29, 1.82) is 0 Å². The molecule has 1 aliphatic carbocycles. The lowest BCUT2D eigenvalue weighted by molar-refractivity contribution is 0.756. The van der Waals surface area contributed by atoms with E-state index in [1.165, 1.54) is 18.1 Å². The van der Waals surface area contributed by atoms with Gasteiger partial charge in [-0.05, 0) is 25.3 Å². The molecule has 3 heteroatoms. The molecule has 1 N–H and O–H groups in total. The number of nitrogens with one attached hydrogen (secondary N) is 1. The first kappa shape index (κ1) is 12.0. The molecule has 1 heterocycles. The summed E-state index contributed by atoms with van der Waals surface area (Å²) in [6.07, 6.45) is 13.4. The Kier molecular flexibility index (Phi) is 4.02. The van der Waals surface area contributed by atoms with Crippen LogP contribution in [0.2, 0.25) is 0 Å². The van der Waals surface area contributed by atoms with Gasteiger partial charge in [0.05, 0.1) is 5.35 Å². The number of nitrogens with zero attached hydrogens (tertiary/aromatic N) is 2. The zero-order chi connectivity index (χ0) is 12.1. The van der Waals surface area contributed by atoms with Crippen LogP contribution in [0.5, 0.6) is 0 Å². The van der Waals surface area contributed by atoms with Crippen LogP contribution in [0.4, 0.5) is 5.82 Å². The number of aromatic nitrogens is 2. The van der Waals surface area contributed by atoms with Crippen molar-refractivity contribution in [3.8, 4) is 0 Å². The lowest BCUT2D eigenvalue weighted by Gasteiger charge is -2.15. The molecule has 1 aromatic rings. The van der Waals surface area contributed by atoms with E-state index in [9.17, 15) is 0 Å². The number of rotatable bonds is 4. The summed E-state index contributed by atoms with van der Waals surface area (Å²) >= 11 is 0. The Morgan fingerprint density at radius 3 is 3.12 bits per heavy atom. The van der Waals surface area contributed by atoms with Gasteiger partial charge < -0.3 is 4.90 Å². The zero-order valence-electron chi connectivity index (χ0n) is 10.7. The summed E-state index contributed by atoms with van der Waals surface area (Å²) in [5.41, 5.74) is 0. The third-order valence-electron chi connectivity index (χ3n) is 3.10. The van der Waals surface area contributed by atoms with Crippen molar-refractivity contribution in [3.05, 3.63) is 22.7 Å². The van der Waals surface area contributed by atoms with E-state index >= 15 is 0 Å². The predicted molar refractivity (Wildman–Crippen MR) is 73.3 cm³/mol. The summed E-state index contributed by atoms with van der Waals surface area (Å²) in [5.74, 6) is 1.07. The fraction of sp³-hybridized carbons (Fsp3) is 0.500. The van der Waals surface area contributed by atoms with Gasteiger partial charge in [0.1, 0.15) is 0 Å². The highest BCUT2D eigenvalue weighted by molar-refractivity contribution is 5.51. The van der Waals surface area contributed by atoms with Gasteiger partial charge >= 0.3 is 0 Å². The summed E-state index contributed by atoms with van der Waals surface area (Å²) in [5, 5.41) is 9.96. The molecule has 0 saturated carbocycles. The van der Waals surface area contributed by atoms with Crippen LogP contribution in [0.15, 0.2) is 12.2 Å². The second-order valence-electron chi connectivity index (χ2n) is 4.53. The molecule has 0 bridgehead atoms. The molecule has 0 radical (unpaired) electrons. The number of hydrogen-bond acceptors (Lipinski definition) is 2. The number of hydrogen-bond donors (Lipinski definition) is 1. The van der Waals surface area contributed by atoms with Gasteiger partial charge in [0, 0.05) is 18.8 Å². The zero-order valence-corrected chi connectivity index (χ0v) is 10.7. The van der Waals surface area contributed by atoms with Crippen LogP contribution < -0.4 is 15.5 Å². The van der Waals surface area contributed by atoms with Gasteiger partial charge in [-0.25, -0.2) is 0 Å². The van der Waals surface area contributed by atoms with Crippen LogP contribution in [-0.2, 0) is 0 Å². The van der Waals surface area contributed by atoms with Crippen LogP contribution >= 0.6 is 0 Å². The van der Waals surface area contributed by atoms with Crippen molar-refractivity contribution < 1.29 is 0 Å². The van der Waals surface area contributed by atoms with Crippen molar-refractivity contribution in [2.45, 2.75) is 32.6 Å². The molecular weight excluding hydrogens is 210 g/mol. The minimum atomic E-state index is 1.06. The first-order valence-corrected chi connectivity index (χ1v) is 6.45. The molecule has 0 aromatic carbocycles. The largest absolute Gasteiger partial charge is 0.358 e. The van der Waals surface area contributed by atoms with Gasteiger partial charge in [-0.3, -0.25) is 5.10 Å². The standard InChI is InChI=1S/C14H21N3/c1-3-4-11-17(2)14-12-9-7-5-6-8-10-13(12)15-16-14/h5,7,9-10,15H,3-4,6,8,11H2,1-2H3. The number of unbranched alkanes of at least 4 members (excludes halogenated alkanes) is 1. The molecule has 0 unspecified atom stereocenters. The number of allylic oxidation sites excluding steroid dienone is 2. The van der Waals surface area contributed by atoms with Crippen molar-refractivity contribution in [2.75, 3.05) is 18.5 Å². The predicted octanol–water partition coefficient (Wildman–Crippen LogP) is 1.56. The Morgan fingerprint density at radius 1 is 1.41 bits per heavy atom. The summed E-state index contributed by atoms with van der Waals surface area (Å²) in [6, 6.07) is 0. The van der Waals surface area contributed by atoms with Gasteiger partial charge in [0.15, 0.2) is 5.82 Å². The Labute approximate surface area is 103 Å². The van der Waals surface area contributed by atoms with Crippen LogP contribution in [0.3, 0.4) is 0 Å². The van der Waals surface area contributed by atoms with Gasteiger partial charge in [0.2, 0.25) is 0 Å². The van der Waals surface area contributed by atoms with E-state index in [2.05, 4.69) is 53.4 Å². The maximum absolute atomic E-state index is 4.44. The summed E-state index contributed by atoms with van der Waals surface area (Å²) in [7, 11) is 2.11. The number of fused-ring (bicyclic) bond motifs is 1. The maximum atomic E-state index is 4.44. The van der Waals surface area contributed by atoms with E-state index in [1.54, 1.807) is 0 Å². The second kappa shape index (κ2) is 5.71. The molecule has 17 heavy (non-hydrogen) atoms. The SMILES string of the molecule is CCCCN(C)c1n[nH]c2c1=CC=CCCC=2. The lowest BCUT2D eigenvalue weighted by Crippen LogP contribution is -2.30. The van der Waals surface area contributed by atoms with E-state index in [0.29, 0.717) is 0 Å². The average Bonchev–Trinajstić information content (AvgIpc) is 2.68. The smallest absolute Gasteiger partial charge is 0.158 e. The molecule has 0 aliphatic heterocycles. The number of H-pyrrole nitrogens is 1. The molecule has 1 aromatic heterocycles. The Morgan fingerprint density at radius 2 is 2.29 bits per heavy atom. The third-order valence-corrected chi connectivity index (χ3v) is 3.10. The molecule has 0 saturated heterocycles. The molecule has 0 atom stereocenters. The van der Waals surface area contributed by atoms with Crippen LogP contribution in [0.1, 0.15) is 32.6 Å².